The minimum absolute atomic E-state index is 0.0673. The summed E-state index contributed by atoms with van der Waals surface area (Å²) >= 11 is 12.4. The Morgan fingerprint density at radius 1 is 1.05 bits per heavy atom. The van der Waals surface area contributed by atoms with Gasteiger partial charge in [-0.15, -0.1) is 0 Å². The van der Waals surface area contributed by atoms with E-state index in [-0.39, 0.29) is 6.04 Å². The van der Waals surface area contributed by atoms with E-state index in [1.165, 1.54) is 0 Å². The van der Waals surface area contributed by atoms with Crippen LogP contribution in [-0.4, -0.2) is 14.2 Å². The fourth-order valence-corrected chi connectivity index (χ4v) is 2.54. The number of rotatable bonds is 4. The van der Waals surface area contributed by atoms with Crippen LogP contribution in [0.3, 0.4) is 0 Å². The third-order valence-electron chi connectivity index (χ3n) is 3.01. The fraction of sp³-hybridized carbons (Fsp3) is 0.200. The van der Waals surface area contributed by atoms with Crippen molar-refractivity contribution in [2.24, 2.45) is 0 Å². The Morgan fingerprint density at radius 2 is 1.79 bits per heavy atom. The predicted octanol–water partition coefficient (Wildman–Crippen LogP) is 4.31. The fourth-order valence-electron chi connectivity index (χ4n) is 2.12. The van der Waals surface area contributed by atoms with Crippen LogP contribution in [0.2, 0.25) is 10.0 Å². The molecule has 2 nitrogen and oxygen atoms in total. The second-order valence-corrected chi connectivity index (χ2v) is 4.97. The van der Waals surface area contributed by atoms with Gasteiger partial charge >= 0.3 is 0 Å². The van der Waals surface area contributed by atoms with Crippen molar-refractivity contribution in [2.75, 3.05) is 14.2 Å². The summed E-state index contributed by atoms with van der Waals surface area (Å²) in [6, 6.07) is 13.2. The molecule has 2 aromatic rings. The average molecular weight is 296 g/mol. The Hall–Kier alpha value is -1.22. The van der Waals surface area contributed by atoms with Crippen molar-refractivity contribution in [3.05, 3.63) is 63.6 Å². The van der Waals surface area contributed by atoms with Crippen LogP contribution in [0.5, 0.6) is 5.75 Å². The minimum Gasteiger partial charge on any atom is -0.496 e. The summed E-state index contributed by atoms with van der Waals surface area (Å²) < 4.78 is 5.40. The molecule has 0 bridgehead atoms. The lowest BCUT2D eigenvalue weighted by molar-refractivity contribution is 0.405. The molecular weight excluding hydrogens is 281 g/mol. The lowest BCUT2D eigenvalue weighted by atomic mass is 9.98. The molecule has 0 heterocycles. The number of benzene rings is 2. The van der Waals surface area contributed by atoms with Crippen molar-refractivity contribution in [3.63, 3.8) is 0 Å². The zero-order valence-electron chi connectivity index (χ0n) is 10.8. The van der Waals surface area contributed by atoms with E-state index in [0.29, 0.717) is 10.0 Å². The summed E-state index contributed by atoms with van der Waals surface area (Å²) in [6.45, 7) is 0. The van der Waals surface area contributed by atoms with Gasteiger partial charge in [0, 0.05) is 15.6 Å². The molecule has 100 valence electrons. The van der Waals surface area contributed by atoms with Crippen LogP contribution in [0.4, 0.5) is 0 Å². The molecule has 0 saturated carbocycles. The second kappa shape index (κ2) is 6.29. The van der Waals surface area contributed by atoms with Gasteiger partial charge in [-0.05, 0) is 36.9 Å². The first-order valence-electron chi connectivity index (χ1n) is 5.92. The van der Waals surface area contributed by atoms with Crippen molar-refractivity contribution < 1.29 is 4.74 Å². The van der Waals surface area contributed by atoms with Crippen LogP contribution < -0.4 is 10.1 Å². The molecule has 0 amide bonds. The van der Waals surface area contributed by atoms with Gasteiger partial charge < -0.3 is 10.1 Å². The highest BCUT2D eigenvalue weighted by Gasteiger charge is 2.19. The van der Waals surface area contributed by atoms with Crippen molar-refractivity contribution in [3.8, 4) is 5.75 Å². The van der Waals surface area contributed by atoms with Crippen molar-refractivity contribution in [1.82, 2.24) is 5.32 Å². The first-order chi connectivity index (χ1) is 9.17. The van der Waals surface area contributed by atoms with E-state index in [9.17, 15) is 0 Å². The maximum absolute atomic E-state index is 6.27. The van der Waals surface area contributed by atoms with Gasteiger partial charge in [-0.25, -0.2) is 0 Å². The highest BCUT2D eigenvalue weighted by molar-refractivity contribution is 6.31. The van der Waals surface area contributed by atoms with Crippen LogP contribution in [0.15, 0.2) is 42.5 Å². The Kier molecular flexibility index (Phi) is 4.70. The van der Waals surface area contributed by atoms with Gasteiger partial charge in [-0.3, -0.25) is 0 Å². The minimum atomic E-state index is -0.0673. The molecule has 0 saturated heterocycles. The standard InChI is InChI=1S/C15H15Cl2NO/c1-18-15(11-5-3-4-6-13(11)17)12-9-10(16)7-8-14(12)19-2/h3-9,15,18H,1-2H3. The van der Waals surface area contributed by atoms with Gasteiger partial charge in [0.1, 0.15) is 5.75 Å². The monoisotopic (exact) mass is 295 g/mol. The number of methoxy groups -OCH3 is 1. The molecule has 2 rings (SSSR count). The van der Waals surface area contributed by atoms with Crippen molar-refractivity contribution >= 4 is 23.2 Å². The van der Waals surface area contributed by atoms with E-state index < -0.39 is 0 Å². The lowest BCUT2D eigenvalue weighted by Crippen LogP contribution is -2.18. The molecule has 1 unspecified atom stereocenters. The molecule has 0 spiro atoms. The zero-order valence-corrected chi connectivity index (χ0v) is 12.3. The summed E-state index contributed by atoms with van der Waals surface area (Å²) in [6.07, 6.45) is 0. The van der Waals surface area contributed by atoms with Crippen LogP contribution >= 0.6 is 23.2 Å². The highest BCUT2D eigenvalue weighted by atomic mass is 35.5. The van der Waals surface area contributed by atoms with E-state index >= 15 is 0 Å². The SMILES string of the molecule is CNC(c1ccccc1Cl)c1cc(Cl)ccc1OC. The smallest absolute Gasteiger partial charge is 0.124 e. The third-order valence-corrected chi connectivity index (χ3v) is 3.59. The molecule has 1 N–H and O–H groups in total. The zero-order chi connectivity index (χ0) is 13.8. The quantitative estimate of drug-likeness (QED) is 0.907. The van der Waals surface area contributed by atoms with E-state index in [1.54, 1.807) is 7.11 Å². The predicted molar refractivity (Wildman–Crippen MR) is 80.4 cm³/mol. The summed E-state index contributed by atoms with van der Waals surface area (Å²) in [4.78, 5) is 0. The molecule has 0 radical (unpaired) electrons. The average Bonchev–Trinajstić information content (AvgIpc) is 2.42. The molecule has 1 atom stereocenters. The normalized spacial score (nSPS) is 12.2. The molecule has 0 aromatic heterocycles. The molecule has 4 heteroatoms. The first kappa shape index (κ1) is 14.2. The molecule has 0 aliphatic heterocycles. The number of hydrogen-bond acceptors (Lipinski definition) is 2. The number of hydrogen-bond donors (Lipinski definition) is 1. The molecular formula is C15H15Cl2NO. The van der Waals surface area contributed by atoms with Gasteiger partial charge in [0.2, 0.25) is 0 Å². The summed E-state index contributed by atoms with van der Waals surface area (Å²) in [5, 5.41) is 4.64. The van der Waals surface area contributed by atoms with Gasteiger partial charge in [-0.2, -0.15) is 0 Å². The molecule has 0 aliphatic rings. The summed E-state index contributed by atoms with van der Waals surface area (Å²) in [5.41, 5.74) is 1.96. The molecule has 19 heavy (non-hydrogen) atoms. The number of ether oxygens (including phenoxy) is 1. The molecule has 0 aliphatic carbocycles. The lowest BCUT2D eigenvalue weighted by Gasteiger charge is -2.21. The first-order valence-corrected chi connectivity index (χ1v) is 6.68. The second-order valence-electron chi connectivity index (χ2n) is 4.13. The van der Waals surface area contributed by atoms with Crippen LogP contribution in [0.1, 0.15) is 17.2 Å². The Balaban J connectivity index is 2.54. The van der Waals surface area contributed by atoms with Crippen molar-refractivity contribution in [2.45, 2.75) is 6.04 Å². The Bertz CT molecular complexity index is 572. The number of halogens is 2. The van der Waals surface area contributed by atoms with Gasteiger partial charge in [-0.1, -0.05) is 41.4 Å². The number of nitrogens with one attached hydrogen (secondary N) is 1. The topological polar surface area (TPSA) is 21.3 Å². The van der Waals surface area contributed by atoms with Crippen LogP contribution in [-0.2, 0) is 0 Å². The van der Waals surface area contributed by atoms with Crippen LogP contribution in [0.25, 0.3) is 0 Å². The third kappa shape index (κ3) is 3.03. The largest absolute Gasteiger partial charge is 0.496 e. The van der Waals surface area contributed by atoms with E-state index in [0.717, 1.165) is 16.9 Å². The Morgan fingerprint density at radius 3 is 2.42 bits per heavy atom. The maximum Gasteiger partial charge on any atom is 0.124 e. The molecule has 2 aromatic carbocycles. The van der Waals surface area contributed by atoms with Crippen LogP contribution in [0, 0.1) is 0 Å². The maximum atomic E-state index is 6.27. The van der Waals surface area contributed by atoms with E-state index in [1.807, 2.05) is 49.5 Å². The van der Waals surface area contributed by atoms with Gasteiger partial charge in [0.05, 0.1) is 13.2 Å². The Labute approximate surface area is 123 Å². The van der Waals surface area contributed by atoms with E-state index in [2.05, 4.69) is 5.32 Å². The van der Waals surface area contributed by atoms with Crippen molar-refractivity contribution in [1.29, 1.82) is 0 Å². The highest BCUT2D eigenvalue weighted by Crippen LogP contribution is 2.34. The van der Waals surface area contributed by atoms with Gasteiger partial charge in [0.25, 0.3) is 0 Å². The summed E-state index contributed by atoms with van der Waals surface area (Å²) in [7, 11) is 3.53. The molecule has 0 fully saturated rings. The van der Waals surface area contributed by atoms with E-state index in [4.69, 9.17) is 27.9 Å². The summed E-state index contributed by atoms with van der Waals surface area (Å²) in [5.74, 6) is 0.781. The van der Waals surface area contributed by atoms with Gasteiger partial charge in [0.15, 0.2) is 0 Å².